The van der Waals surface area contributed by atoms with Gasteiger partial charge in [0.1, 0.15) is 11.5 Å². The monoisotopic (exact) mass is 402 g/mol. The Bertz CT molecular complexity index is 799. The molecule has 0 spiro atoms. The number of alkyl halides is 3. The van der Waals surface area contributed by atoms with Crippen LogP contribution in [0.4, 0.5) is 23.5 Å². The fourth-order valence-corrected chi connectivity index (χ4v) is 3.34. The molecule has 2 heterocycles. The third-order valence-electron chi connectivity index (χ3n) is 4.67. The van der Waals surface area contributed by atoms with Gasteiger partial charge in [-0.3, -0.25) is 4.90 Å². The highest BCUT2D eigenvalue weighted by Crippen LogP contribution is 2.29. The van der Waals surface area contributed by atoms with E-state index in [4.69, 9.17) is 11.6 Å². The van der Waals surface area contributed by atoms with Gasteiger partial charge < -0.3 is 4.90 Å². The predicted molar refractivity (Wildman–Crippen MR) is 95.1 cm³/mol. The lowest BCUT2D eigenvalue weighted by molar-refractivity contribution is -0.141. The van der Waals surface area contributed by atoms with E-state index in [2.05, 4.69) is 14.9 Å². The van der Waals surface area contributed by atoms with Gasteiger partial charge in [0, 0.05) is 32.4 Å². The summed E-state index contributed by atoms with van der Waals surface area (Å²) < 4.78 is 52.3. The summed E-state index contributed by atoms with van der Waals surface area (Å²) >= 11 is 5.71. The molecular weight excluding hydrogens is 384 g/mol. The Labute approximate surface area is 159 Å². The van der Waals surface area contributed by atoms with Crippen LogP contribution in [0.1, 0.15) is 24.1 Å². The minimum Gasteiger partial charge on any atom is -0.340 e. The van der Waals surface area contributed by atoms with Crippen LogP contribution in [0.3, 0.4) is 0 Å². The van der Waals surface area contributed by atoms with Crippen molar-refractivity contribution in [3.63, 3.8) is 0 Å². The van der Waals surface area contributed by atoms with Crippen molar-refractivity contribution in [3.8, 4) is 0 Å². The topological polar surface area (TPSA) is 32.3 Å². The Kier molecular flexibility index (Phi) is 5.86. The number of nitrogens with zero attached hydrogens (tertiary/aromatic N) is 4. The van der Waals surface area contributed by atoms with E-state index in [0.717, 1.165) is 37.2 Å². The molecule has 1 saturated heterocycles. The second-order valence-corrected chi connectivity index (χ2v) is 7.04. The number of hydrogen-bond acceptors (Lipinski definition) is 4. The van der Waals surface area contributed by atoms with Crippen molar-refractivity contribution in [1.29, 1.82) is 0 Å². The molecule has 1 atom stereocenters. The fraction of sp³-hybridized carbons (Fsp3) is 0.444. The first-order valence-electron chi connectivity index (χ1n) is 8.53. The summed E-state index contributed by atoms with van der Waals surface area (Å²) in [5.74, 6) is -0.411. The maximum atomic E-state index is 13.6. The highest BCUT2D eigenvalue weighted by Gasteiger charge is 2.34. The maximum absolute atomic E-state index is 13.6. The largest absolute Gasteiger partial charge is 0.433 e. The zero-order chi connectivity index (χ0) is 19.6. The van der Waals surface area contributed by atoms with Crippen molar-refractivity contribution >= 4 is 17.5 Å². The van der Waals surface area contributed by atoms with Crippen LogP contribution in [0.5, 0.6) is 0 Å². The number of aromatic nitrogens is 2. The second-order valence-electron chi connectivity index (χ2n) is 6.63. The number of likely N-dealkylation sites (N-methyl/N-ethyl adjacent to an activating group) is 1. The van der Waals surface area contributed by atoms with Gasteiger partial charge >= 0.3 is 6.18 Å². The number of rotatable bonds is 4. The lowest BCUT2D eigenvalue weighted by atomic mass is 10.0. The number of piperidine rings is 1. The molecule has 0 saturated carbocycles. The van der Waals surface area contributed by atoms with Gasteiger partial charge in [0.2, 0.25) is 5.95 Å². The Morgan fingerprint density at radius 3 is 2.78 bits per heavy atom. The Balaban J connectivity index is 1.69. The fourth-order valence-electron chi connectivity index (χ4n) is 3.23. The van der Waals surface area contributed by atoms with E-state index in [1.54, 1.807) is 18.0 Å². The van der Waals surface area contributed by atoms with Gasteiger partial charge in [-0.15, -0.1) is 0 Å². The highest BCUT2D eigenvalue weighted by molar-refractivity contribution is 6.30. The van der Waals surface area contributed by atoms with Crippen molar-refractivity contribution in [3.05, 3.63) is 52.6 Å². The van der Waals surface area contributed by atoms with E-state index < -0.39 is 17.7 Å². The molecule has 1 aliphatic rings. The smallest absolute Gasteiger partial charge is 0.340 e. The SMILES string of the molecule is CN(c1nccc(C(F)(F)F)n1)C1CCCN(Cc2ccc(Cl)c(F)c2)C1. The second kappa shape index (κ2) is 7.98. The molecule has 4 nitrogen and oxygen atoms in total. The van der Waals surface area contributed by atoms with Crippen LogP contribution in [0.2, 0.25) is 5.02 Å². The summed E-state index contributed by atoms with van der Waals surface area (Å²) in [5.41, 5.74) is -0.154. The van der Waals surface area contributed by atoms with Crippen molar-refractivity contribution in [2.24, 2.45) is 0 Å². The zero-order valence-corrected chi connectivity index (χ0v) is 15.4. The number of halogens is 5. The third kappa shape index (κ3) is 4.87. The maximum Gasteiger partial charge on any atom is 0.433 e. The molecule has 1 fully saturated rings. The van der Waals surface area contributed by atoms with Gasteiger partial charge in [-0.05, 0) is 43.1 Å². The molecule has 3 rings (SSSR count). The summed E-state index contributed by atoms with van der Waals surface area (Å²) in [5, 5.41) is 0.0803. The van der Waals surface area contributed by atoms with E-state index in [0.29, 0.717) is 13.1 Å². The summed E-state index contributed by atoms with van der Waals surface area (Å²) in [7, 11) is 1.70. The summed E-state index contributed by atoms with van der Waals surface area (Å²) in [4.78, 5) is 11.5. The van der Waals surface area contributed by atoms with Gasteiger partial charge in [0.25, 0.3) is 0 Å². The third-order valence-corrected chi connectivity index (χ3v) is 4.97. The normalized spacial score (nSPS) is 18.5. The summed E-state index contributed by atoms with van der Waals surface area (Å²) in [6, 6.07) is 5.54. The molecule has 0 aliphatic carbocycles. The van der Waals surface area contributed by atoms with Gasteiger partial charge in [-0.2, -0.15) is 13.2 Å². The van der Waals surface area contributed by atoms with E-state index in [9.17, 15) is 17.6 Å². The average Bonchev–Trinajstić information content (AvgIpc) is 2.64. The quantitative estimate of drug-likeness (QED) is 0.710. The molecule has 0 N–H and O–H groups in total. The molecule has 146 valence electrons. The molecule has 1 aliphatic heterocycles. The Morgan fingerprint density at radius 2 is 2.07 bits per heavy atom. The van der Waals surface area contributed by atoms with Crippen LogP contribution >= 0.6 is 11.6 Å². The van der Waals surface area contributed by atoms with Crippen LogP contribution in [-0.4, -0.2) is 41.0 Å². The number of hydrogen-bond donors (Lipinski definition) is 0. The first-order valence-corrected chi connectivity index (χ1v) is 8.91. The van der Waals surface area contributed by atoms with Crippen LogP contribution in [-0.2, 0) is 12.7 Å². The van der Waals surface area contributed by atoms with Crippen LogP contribution in [0, 0.1) is 5.82 Å². The number of anilines is 1. The molecule has 0 radical (unpaired) electrons. The zero-order valence-electron chi connectivity index (χ0n) is 14.7. The van der Waals surface area contributed by atoms with E-state index in [-0.39, 0.29) is 17.0 Å². The van der Waals surface area contributed by atoms with Gasteiger partial charge in [-0.1, -0.05) is 17.7 Å². The van der Waals surface area contributed by atoms with Crippen LogP contribution < -0.4 is 4.90 Å². The van der Waals surface area contributed by atoms with Crippen LogP contribution in [0.25, 0.3) is 0 Å². The van der Waals surface area contributed by atoms with Crippen molar-refractivity contribution in [2.75, 3.05) is 25.0 Å². The molecule has 2 aromatic rings. The Morgan fingerprint density at radius 1 is 1.30 bits per heavy atom. The van der Waals surface area contributed by atoms with Crippen molar-refractivity contribution < 1.29 is 17.6 Å². The average molecular weight is 403 g/mol. The van der Waals surface area contributed by atoms with Crippen molar-refractivity contribution in [2.45, 2.75) is 31.6 Å². The first kappa shape index (κ1) is 19.8. The minimum absolute atomic E-state index is 0.0284. The molecule has 1 aromatic carbocycles. The predicted octanol–water partition coefficient (Wildman–Crippen LogP) is 4.39. The van der Waals surface area contributed by atoms with Gasteiger partial charge in [0.15, 0.2) is 0 Å². The Hall–Kier alpha value is -1.93. The lowest BCUT2D eigenvalue weighted by Crippen LogP contribution is -2.46. The van der Waals surface area contributed by atoms with Crippen molar-refractivity contribution in [1.82, 2.24) is 14.9 Å². The van der Waals surface area contributed by atoms with E-state index in [1.165, 1.54) is 12.1 Å². The van der Waals surface area contributed by atoms with Crippen LogP contribution in [0.15, 0.2) is 30.5 Å². The number of likely N-dealkylation sites (tertiary alicyclic amines) is 1. The first-order chi connectivity index (χ1) is 12.7. The molecule has 9 heteroatoms. The molecule has 1 aromatic heterocycles. The number of benzene rings is 1. The molecule has 0 bridgehead atoms. The lowest BCUT2D eigenvalue weighted by Gasteiger charge is -2.37. The van der Waals surface area contributed by atoms with E-state index in [1.807, 2.05) is 0 Å². The molecule has 1 unspecified atom stereocenters. The summed E-state index contributed by atoms with van der Waals surface area (Å²) in [6.07, 6.45) is -1.68. The standard InChI is InChI=1S/C18H19ClF4N4/c1-26(17-24-7-6-16(25-17)18(21,22)23)13-3-2-8-27(11-13)10-12-4-5-14(19)15(20)9-12/h4-7,9,13H,2-3,8,10-11H2,1H3. The highest BCUT2D eigenvalue weighted by atomic mass is 35.5. The molecule has 0 amide bonds. The minimum atomic E-state index is -4.50. The van der Waals surface area contributed by atoms with Gasteiger partial charge in [0.05, 0.1) is 5.02 Å². The molecule has 27 heavy (non-hydrogen) atoms. The molecular formula is C18H19ClF4N4. The van der Waals surface area contributed by atoms with E-state index >= 15 is 0 Å². The van der Waals surface area contributed by atoms with Gasteiger partial charge in [-0.25, -0.2) is 14.4 Å². The summed E-state index contributed by atoms with van der Waals surface area (Å²) in [6.45, 7) is 2.00.